The second kappa shape index (κ2) is 8.89. The first-order chi connectivity index (χ1) is 13.8. The normalized spacial score (nSPS) is 17.4. The summed E-state index contributed by atoms with van der Waals surface area (Å²) in [6.07, 6.45) is 4.20. The van der Waals surface area contributed by atoms with Crippen molar-refractivity contribution in [1.82, 2.24) is 14.5 Å². The highest BCUT2D eigenvalue weighted by Crippen LogP contribution is 2.26. The molecule has 0 radical (unpaired) electrons. The summed E-state index contributed by atoms with van der Waals surface area (Å²) >= 11 is 0. The van der Waals surface area contributed by atoms with Crippen molar-refractivity contribution >= 4 is 28.3 Å². The van der Waals surface area contributed by atoms with Crippen LogP contribution in [0.25, 0.3) is 16.7 Å². The molecule has 0 saturated carbocycles. The second-order valence-corrected chi connectivity index (χ2v) is 8.01. The van der Waals surface area contributed by atoms with Crippen LogP contribution in [0.2, 0.25) is 0 Å². The van der Waals surface area contributed by atoms with E-state index in [1.54, 1.807) is 24.3 Å². The number of carbonyl (C=O) groups excluding carboxylic acids is 1. The molecule has 3 heterocycles. The van der Waals surface area contributed by atoms with Crippen LogP contribution in [0.3, 0.4) is 0 Å². The molecule has 3 aromatic rings. The summed E-state index contributed by atoms with van der Waals surface area (Å²) in [5.41, 5.74) is 2.09. The zero-order valence-electron chi connectivity index (χ0n) is 15.9. The van der Waals surface area contributed by atoms with Crippen molar-refractivity contribution in [3.05, 3.63) is 54.4 Å². The number of fused-ring (bicyclic) bond motifs is 1. The lowest BCUT2D eigenvalue weighted by Gasteiger charge is -2.28. The molecule has 1 atom stereocenters. The molecule has 0 aliphatic carbocycles. The number of likely N-dealkylation sites (tertiary alicyclic amines) is 1. The van der Waals surface area contributed by atoms with Gasteiger partial charge in [-0.3, -0.25) is 4.79 Å². The molecule has 2 aromatic heterocycles. The van der Waals surface area contributed by atoms with Crippen molar-refractivity contribution in [2.24, 2.45) is 5.14 Å². The number of piperidine rings is 1. The minimum absolute atomic E-state index is 0.0312. The SMILES string of the molecule is CN1CCC(F)(F)CC1.NS(=O)c1cccc(-n2ccc3cc(C=O)cnc32)c1. The Bertz CT molecular complexity index is 1030. The highest BCUT2D eigenvalue weighted by atomic mass is 32.2. The summed E-state index contributed by atoms with van der Waals surface area (Å²) in [6, 6.07) is 10.8. The van der Waals surface area contributed by atoms with Gasteiger partial charge in [0.05, 0.1) is 4.90 Å². The number of hydrogen-bond acceptors (Lipinski definition) is 4. The Balaban J connectivity index is 0.000000224. The third-order valence-electron chi connectivity index (χ3n) is 4.73. The van der Waals surface area contributed by atoms with Gasteiger partial charge in [-0.05, 0) is 37.4 Å². The van der Waals surface area contributed by atoms with Crippen LogP contribution < -0.4 is 5.14 Å². The Labute approximate surface area is 169 Å². The number of nitrogens with zero attached hydrogens (tertiary/aromatic N) is 3. The molecule has 4 rings (SSSR count). The number of aldehydes is 1. The predicted molar refractivity (Wildman–Crippen MR) is 109 cm³/mol. The molecular formula is C20H22F2N4O2S. The van der Waals surface area contributed by atoms with E-state index in [0.717, 1.165) is 23.0 Å². The second-order valence-electron chi connectivity index (χ2n) is 6.94. The van der Waals surface area contributed by atoms with Crippen molar-refractivity contribution < 1.29 is 17.8 Å². The number of halogens is 2. The highest BCUT2D eigenvalue weighted by Gasteiger charge is 2.32. The number of rotatable bonds is 3. The molecule has 0 bridgehead atoms. The number of aromatic nitrogens is 2. The minimum atomic E-state index is -2.38. The molecular weight excluding hydrogens is 398 g/mol. The smallest absolute Gasteiger partial charge is 0.250 e. The Morgan fingerprint density at radius 3 is 2.55 bits per heavy atom. The maximum absolute atomic E-state index is 12.4. The maximum Gasteiger partial charge on any atom is 0.250 e. The quantitative estimate of drug-likeness (QED) is 0.660. The summed E-state index contributed by atoms with van der Waals surface area (Å²) in [5, 5.41) is 6.26. The van der Waals surface area contributed by atoms with Crippen LogP contribution in [0.1, 0.15) is 23.2 Å². The molecule has 1 saturated heterocycles. The maximum atomic E-state index is 12.4. The molecule has 1 aliphatic rings. The topological polar surface area (TPSA) is 81.2 Å². The van der Waals surface area contributed by atoms with Gasteiger partial charge in [-0.15, -0.1) is 0 Å². The molecule has 0 spiro atoms. The molecule has 1 aliphatic heterocycles. The van der Waals surface area contributed by atoms with Gasteiger partial charge in [0.1, 0.15) is 16.6 Å². The Hall–Kier alpha value is -2.49. The van der Waals surface area contributed by atoms with Crippen LogP contribution in [0, 0.1) is 0 Å². The summed E-state index contributed by atoms with van der Waals surface area (Å²) in [4.78, 5) is 17.5. The van der Waals surface area contributed by atoms with E-state index in [0.29, 0.717) is 23.5 Å². The van der Waals surface area contributed by atoms with Gasteiger partial charge in [0.25, 0.3) is 5.92 Å². The van der Waals surface area contributed by atoms with E-state index in [4.69, 9.17) is 5.14 Å². The average Bonchev–Trinajstić information content (AvgIpc) is 3.14. The van der Waals surface area contributed by atoms with E-state index in [2.05, 4.69) is 4.98 Å². The van der Waals surface area contributed by atoms with Crippen molar-refractivity contribution in [1.29, 1.82) is 0 Å². The van der Waals surface area contributed by atoms with Crippen LogP contribution in [0.15, 0.2) is 53.7 Å². The van der Waals surface area contributed by atoms with E-state index < -0.39 is 16.9 Å². The van der Waals surface area contributed by atoms with Gasteiger partial charge in [0, 0.05) is 55.0 Å². The number of alkyl halides is 2. The monoisotopic (exact) mass is 420 g/mol. The lowest BCUT2D eigenvalue weighted by molar-refractivity contribution is -0.0504. The Morgan fingerprint density at radius 1 is 1.21 bits per heavy atom. The van der Waals surface area contributed by atoms with E-state index in [9.17, 15) is 17.8 Å². The van der Waals surface area contributed by atoms with Gasteiger partial charge in [0.15, 0.2) is 6.29 Å². The van der Waals surface area contributed by atoms with Gasteiger partial charge in [0.2, 0.25) is 0 Å². The van der Waals surface area contributed by atoms with E-state index in [-0.39, 0.29) is 12.8 Å². The van der Waals surface area contributed by atoms with Crippen molar-refractivity contribution in [2.45, 2.75) is 23.7 Å². The number of benzene rings is 1. The van der Waals surface area contributed by atoms with E-state index in [1.807, 2.05) is 34.8 Å². The van der Waals surface area contributed by atoms with Gasteiger partial charge < -0.3 is 9.47 Å². The zero-order valence-corrected chi connectivity index (χ0v) is 16.7. The van der Waals surface area contributed by atoms with Gasteiger partial charge in [-0.1, -0.05) is 6.07 Å². The van der Waals surface area contributed by atoms with Gasteiger partial charge in [-0.2, -0.15) is 0 Å². The third kappa shape index (κ3) is 5.31. The largest absolute Gasteiger partial charge is 0.306 e. The fourth-order valence-electron chi connectivity index (χ4n) is 3.02. The van der Waals surface area contributed by atoms with Crippen LogP contribution in [-0.4, -0.2) is 51.0 Å². The number of nitrogens with two attached hydrogens (primary N) is 1. The predicted octanol–water partition coefficient (Wildman–Crippen LogP) is 3.17. The first-order valence-electron chi connectivity index (χ1n) is 9.04. The number of pyridine rings is 1. The van der Waals surface area contributed by atoms with Crippen LogP contribution in [-0.2, 0) is 11.0 Å². The first kappa shape index (κ1) is 21.2. The molecule has 29 heavy (non-hydrogen) atoms. The molecule has 1 unspecified atom stereocenters. The van der Waals surface area contributed by atoms with Crippen molar-refractivity contribution in [2.75, 3.05) is 20.1 Å². The number of hydrogen-bond donors (Lipinski definition) is 1. The van der Waals surface area contributed by atoms with Crippen LogP contribution in [0.5, 0.6) is 0 Å². The fraction of sp³-hybridized carbons (Fsp3) is 0.300. The van der Waals surface area contributed by atoms with Crippen molar-refractivity contribution in [3.63, 3.8) is 0 Å². The van der Waals surface area contributed by atoms with Crippen LogP contribution in [0.4, 0.5) is 8.78 Å². The summed E-state index contributed by atoms with van der Waals surface area (Å²) < 4.78 is 37.9. The first-order valence-corrected chi connectivity index (χ1v) is 10.3. The summed E-state index contributed by atoms with van der Waals surface area (Å²) in [5.74, 6) is -2.38. The summed E-state index contributed by atoms with van der Waals surface area (Å²) in [7, 11) is 0.351. The van der Waals surface area contributed by atoms with E-state index >= 15 is 0 Å². The highest BCUT2D eigenvalue weighted by molar-refractivity contribution is 7.82. The molecule has 0 amide bonds. The average molecular weight is 420 g/mol. The van der Waals surface area contributed by atoms with Gasteiger partial charge >= 0.3 is 0 Å². The van der Waals surface area contributed by atoms with E-state index in [1.165, 1.54) is 6.20 Å². The Kier molecular flexibility index (Phi) is 6.51. The fourth-order valence-corrected chi connectivity index (χ4v) is 3.47. The molecule has 6 nitrogen and oxygen atoms in total. The molecule has 2 N–H and O–H groups in total. The lowest BCUT2D eigenvalue weighted by Crippen LogP contribution is -2.36. The zero-order chi connectivity index (χ0) is 21.0. The lowest BCUT2D eigenvalue weighted by atomic mass is 10.1. The van der Waals surface area contributed by atoms with Crippen molar-refractivity contribution in [3.8, 4) is 5.69 Å². The van der Waals surface area contributed by atoms with Gasteiger partial charge in [-0.25, -0.2) is 23.1 Å². The molecule has 1 aromatic carbocycles. The standard InChI is InChI=1S/C14H11N3O2S.C6H11F2N/c15-20(19)13-3-1-2-12(7-13)17-5-4-11-6-10(9-18)8-16-14(11)17;1-9-4-2-6(7,8)3-5-9/h1-9H,15H2;2-5H2,1H3. The Morgan fingerprint density at radius 2 is 1.93 bits per heavy atom. The molecule has 1 fully saturated rings. The summed E-state index contributed by atoms with van der Waals surface area (Å²) in [6.45, 7) is 1.07. The molecule has 154 valence electrons. The minimum Gasteiger partial charge on any atom is -0.306 e. The third-order valence-corrected chi connectivity index (χ3v) is 5.45. The number of carbonyl (C=O) groups is 1. The molecule has 9 heteroatoms. The van der Waals surface area contributed by atoms with Crippen LogP contribution >= 0.6 is 0 Å².